The summed E-state index contributed by atoms with van der Waals surface area (Å²) in [7, 11) is 0. The number of hydrogen-bond donors (Lipinski definition) is 4. The highest BCUT2D eigenvalue weighted by molar-refractivity contribution is 6.32. The number of halogens is 3. The number of alkyl halides is 3. The molecule has 2 saturated carbocycles. The van der Waals surface area contributed by atoms with Gasteiger partial charge < -0.3 is 26.6 Å². The highest BCUT2D eigenvalue weighted by Crippen LogP contribution is 2.65. The Hall–Kier alpha value is -2.50. The van der Waals surface area contributed by atoms with Crippen LogP contribution in [0.4, 0.5) is 8.78 Å². The van der Waals surface area contributed by atoms with Gasteiger partial charge in [-0.2, -0.15) is 8.78 Å². The van der Waals surface area contributed by atoms with E-state index in [1.165, 1.54) is 4.90 Å². The summed E-state index contributed by atoms with van der Waals surface area (Å²) in [5, 5.41) is 3.53. The maximum atomic E-state index is 13.7. The van der Waals surface area contributed by atoms with E-state index >= 15 is 0 Å². The first-order valence-electron chi connectivity index (χ1n) is 13.4. The summed E-state index contributed by atoms with van der Waals surface area (Å²) in [5.74, 6) is -4.83. The smallest absolute Gasteiger partial charge is 0.368 e. The van der Waals surface area contributed by atoms with Gasteiger partial charge in [-0.3, -0.25) is 24.0 Å². The van der Waals surface area contributed by atoms with Crippen molar-refractivity contribution in [3.8, 4) is 0 Å². The average molecular weight is 574 g/mol. The second-order valence-electron chi connectivity index (χ2n) is 13.4. The Labute approximate surface area is 231 Å². The van der Waals surface area contributed by atoms with Crippen molar-refractivity contribution in [1.82, 2.24) is 20.9 Å². The normalized spacial score (nSPS) is 30.1. The lowest BCUT2D eigenvalue weighted by Crippen LogP contribution is -2.61. The standard InChI is InChI=1S/C26H38ClF2N5O5/c1-23(2,3)17(32-22(39)26(27,28)29)21(38)34-11-13-15(24(13,4)5)16(34)20(37)31-14(18(30)35)9-12-10-25(7-6-8-25)33-19(12)36/h12-17H,6-11H2,1-5H3,(H2,30,35)(H,31,37)(H,32,39)(H,33,36)/t12?,13-,14-,15-,16-,17+/m0/s1. The molecule has 0 aromatic carbocycles. The van der Waals surface area contributed by atoms with Crippen molar-refractivity contribution in [2.45, 2.75) is 95.8 Å². The molecule has 4 fully saturated rings. The van der Waals surface area contributed by atoms with Gasteiger partial charge in [0.15, 0.2) is 0 Å². The number of nitrogens with two attached hydrogens (primary N) is 1. The predicted molar refractivity (Wildman–Crippen MR) is 137 cm³/mol. The zero-order valence-corrected chi connectivity index (χ0v) is 23.7. The predicted octanol–water partition coefficient (Wildman–Crippen LogP) is 1.25. The molecule has 13 heteroatoms. The first-order chi connectivity index (χ1) is 17.8. The Morgan fingerprint density at radius 1 is 1.18 bits per heavy atom. The van der Waals surface area contributed by atoms with Crippen LogP contribution in [0, 0.1) is 28.6 Å². The third-order valence-electron chi connectivity index (χ3n) is 9.29. The van der Waals surface area contributed by atoms with E-state index in [9.17, 15) is 32.8 Å². The van der Waals surface area contributed by atoms with Crippen LogP contribution in [-0.4, -0.2) is 70.0 Å². The van der Waals surface area contributed by atoms with Crippen molar-refractivity contribution in [2.75, 3.05) is 6.54 Å². The second kappa shape index (κ2) is 9.55. The van der Waals surface area contributed by atoms with E-state index in [1.54, 1.807) is 20.8 Å². The fourth-order valence-electron chi connectivity index (χ4n) is 6.73. The molecule has 4 aliphatic rings. The Morgan fingerprint density at radius 3 is 2.26 bits per heavy atom. The Balaban J connectivity index is 1.53. The topological polar surface area (TPSA) is 151 Å². The molecule has 0 radical (unpaired) electrons. The zero-order valence-electron chi connectivity index (χ0n) is 22.9. The Kier molecular flexibility index (Phi) is 7.22. The summed E-state index contributed by atoms with van der Waals surface area (Å²) in [6.45, 7) is 8.92. The van der Waals surface area contributed by atoms with Crippen LogP contribution in [0.3, 0.4) is 0 Å². The van der Waals surface area contributed by atoms with E-state index in [-0.39, 0.29) is 41.7 Å². The molecule has 6 atom stereocenters. The Bertz CT molecular complexity index is 1080. The maximum Gasteiger partial charge on any atom is 0.399 e. The van der Waals surface area contributed by atoms with E-state index in [0.29, 0.717) is 6.42 Å². The molecule has 5 amide bonds. The van der Waals surface area contributed by atoms with Crippen LogP contribution in [0.25, 0.3) is 0 Å². The summed E-state index contributed by atoms with van der Waals surface area (Å²) in [6, 6.07) is -3.53. The molecule has 0 aromatic rings. The minimum absolute atomic E-state index is 0.0332. The molecule has 2 heterocycles. The lowest BCUT2D eigenvalue weighted by molar-refractivity contribution is -0.148. The largest absolute Gasteiger partial charge is 0.399 e. The van der Waals surface area contributed by atoms with Crippen molar-refractivity contribution >= 4 is 41.1 Å². The molecule has 4 rings (SSSR count). The van der Waals surface area contributed by atoms with Crippen molar-refractivity contribution < 1.29 is 32.8 Å². The van der Waals surface area contributed by atoms with Crippen molar-refractivity contribution in [3.05, 3.63) is 0 Å². The highest BCUT2D eigenvalue weighted by atomic mass is 35.5. The molecule has 10 nitrogen and oxygen atoms in total. The first kappa shape index (κ1) is 29.5. The number of likely N-dealkylation sites (tertiary alicyclic amines) is 1. The lowest BCUT2D eigenvalue weighted by atomic mass is 9.74. The number of fused-ring (bicyclic) bond motifs is 1. The average Bonchev–Trinajstić information content (AvgIpc) is 3.10. The van der Waals surface area contributed by atoms with Gasteiger partial charge in [-0.25, -0.2) is 0 Å². The minimum atomic E-state index is -4.21. The van der Waals surface area contributed by atoms with Gasteiger partial charge in [0.25, 0.3) is 0 Å². The van der Waals surface area contributed by atoms with Crippen LogP contribution in [0.2, 0.25) is 0 Å². The van der Waals surface area contributed by atoms with Crippen LogP contribution < -0.4 is 21.7 Å². The monoisotopic (exact) mass is 573 g/mol. The zero-order chi connectivity index (χ0) is 29.3. The molecular weight excluding hydrogens is 536 g/mol. The number of hydrogen-bond acceptors (Lipinski definition) is 5. The van der Waals surface area contributed by atoms with Gasteiger partial charge in [0.05, 0.1) is 0 Å². The van der Waals surface area contributed by atoms with Gasteiger partial charge in [0.2, 0.25) is 23.6 Å². The lowest BCUT2D eigenvalue weighted by Gasteiger charge is -2.38. The van der Waals surface area contributed by atoms with Gasteiger partial charge in [0, 0.05) is 18.0 Å². The van der Waals surface area contributed by atoms with Gasteiger partial charge in [-0.05, 0) is 66.4 Å². The second-order valence-corrected chi connectivity index (χ2v) is 13.9. The van der Waals surface area contributed by atoms with Gasteiger partial charge >= 0.3 is 11.3 Å². The quantitative estimate of drug-likeness (QED) is 0.322. The number of nitrogens with one attached hydrogen (secondary N) is 3. The molecule has 2 aliphatic heterocycles. The molecule has 0 aromatic heterocycles. The van der Waals surface area contributed by atoms with Gasteiger partial charge in [0.1, 0.15) is 18.1 Å². The fourth-order valence-corrected chi connectivity index (χ4v) is 6.78. The van der Waals surface area contributed by atoms with E-state index in [2.05, 4.69) is 16.0 Å². The number of carbonyl (C=O) groups excluding carboxylic acids is 5. The summed E-state index contributed by atoms with van der Waals surface area (Å²) in [5.41, 5.74) is 4.13. The molecule has 1 spiro atoms. The summed E-state index contributed by atoms with van der Waals surface area (Å²) >= 11 is 4.88. The minimum Gasteiger partial charge on any atom is -0.368 e. The molecule has 0 bridgehead atoms. The van der Waals surface area contributed by atoms with Crippen LogP contribution in [0.15, 0.2) is 0 Å². The molecule has 1 unspecified atom stereocenters. The van der Waals surface area contributed by atoms with Crippen LogP contribution in [0.1, 0.15) is 66.7 Å². The fraction of sp³-hybridized carbons (Fsp3) is 0.808. The molecule has 218 valence electrons. The third-order valence-corrected chi connectivity index (χ3v) is 9.46. The summed E-state index contributed by atoms with van der Waals surface area (Å²) in [6.07, 6.45) is 3.38. The number of piperidine rings is 1. The van der Waals surface area contributed by atoms with E-state index < -0.39 is 58.5 Å². The van der Waals surface area contributed by atoms with Crippen LogP contribution in [0.5, 0.6) is 0 Å². The van der Waals surface area contributed by atoms with E-state index in [0.717, 1.165) is 19.3 Å². The van der Waals surface area contributed by atoms with E-state index in [4.69, 9.17) is 17.3 Å². The number of rotatable bonds is 8. The highest BCUT2D eigenvalue weighted by Gasteiger charge is 2.70. The van der Waals surface area contributed by atoms with Gasteiger partial charge in [-0.1, -0.05) is 34.6 Å². The Morgan fingerprint density at radius 2 is 1.79 bits per heavy atom. The SMILES string of the molecule is CC(C)(C)[C@H](NC(=O)C(F)(F)Cl)C(=O)N1C[C@H]2[C@@H]([C@H]1C(=O)N[C@@H](CC1CC3(CCC3)NC1=O)C(N)=O)C2(C)C. The molecule has 2 saturated heterocycles. The summed E-state index contributed by atoms with van der Waals surface area (Å²) in [4.78, 5) is 65.6. The molecule has 5 N–H and O–H groups in total. The first-order valence-corrected chi connectivity index (χ1v) is 13.8. The van der Waals surface area contributed by atoms with Crippen molar-refractivity contribution in [1.29, 1.82) is 0 Å². The molecule has 2 aliphatic carbocycles. The number of primary amides is 1. The molecule has 39 heavy (non-hydrogen) atoms. The molecular formula is C26H38ClF2N5O5. The maximum absolute atomic E-state index is 13.7. The van der Waals surface area contributed by atoms with Crippen molar-refractivity contribution in [2.24, 2.45) is 34.3 Å². The number of nitrogens with zero attached hydrogens (tertiary/aromatic N) is 1. The summed E-state index contributed by atoms with van der Waals surface area (Å²) < 4.78 is 26.9. The van der Waals surface area contributed by atoms with E-state index in [1.807, 2.05) is 13.8 Å². The van der Waals surface area contributed by atoms with Crippen molar-refractivity contribution in [3.63, 3.8) is 0 Å². The third kappa shape index (κ3) is 5.45. The number of carbonyl (C=O) groups is 5. The number of amides is 5. The van der Waals surface area contributed by atoms with Gasteiger partial charge in [-0.15, -0.1) is 0 Å². The van der Waals surface area contributed by atoms with Crippen LogP contribution in [-0.2, 0) is 24.0 Å². The van der Waals surface area contributed by atoms with Crippen LogP contribution >= 0.6 is 11.6 Å².